The van der Waals surface area contributed by atoms with E-state index in [1.165, 1.54) is 11.1 Å². The number of para-hydroxylation sites is 1. The molecule has 2 aromatic rings. The minimum atomic E-state index is 0.826. The molecule has 0 aliphatic heterocycles. The molecule has 0 aliphatic carbocycles. The highest BCUT2D eigenvalue weighted by Crippen LogP contribution is 2.13. The summed E-state index contributed by atoms with van der Waals surface area (Å²) >= 11 is 0. The molecule has 1 heteroatoms. The molecule has 0 amide bonds. The summed E-state index contributed by atoms with van der Waals surface area (Å²) in [7, 11) is 0. The summed E-state index contributed by atoms with van der Waals surface area (Å²) in [6.45, 7) is 4.64. The van der Waals surface area contributed by atoms with Crippen molar-refractivity contribution in [3.63, 3.8) is 0 Å². The van der Waals surface area contributed by atoms with E-state index in [4.69, 9.17) is 0 Å². The smallest absolute Gasteiger partial charge is 0.0406 e. The lowest BCUT2D eigenvalue weighted by molar-refractivity contribution is 1.14. The molecule has 0 unspecified atom stereocenters. The highest BCUT2D eigenvalue weighted by atomic mass is 14.9. The van der Waals surface area contributed by atoms with Crippen LogP contribution >= 0.6 is 0 Å². The van der Waals surface area contributed by atoms with E-state index in [1.807, 2.05) is 30.3 Å². The fourth-order valence-corrected chi connectivity index (χ4v) is 1.65. The number of rotatable bonds is 4. The molecule has 0 aromatic heterocycles. The predicted octanol–water partition coefficient (Wildman–Crippen LogP) is 3.94. The second-order valence-corrected chi connectivity index (χ2v) is 3.62. The predicted molar refractivity (Wildman–Crippen MR) is 70.3 cm³/mol. The molecule has 0 saturated carbocycles. The average Bonchev–Trinajstić information content (AvgIpc) is 2.38. The first-order chi connectivity index (χ1) is 7.90. The summed E-state index contributed by atoms with van der Waals surface area (Å²) in [6.07, 6.45) is 1.89. The van der Waals surface area contributed by atoms with Gasteiger partial charge < -0.3 is 5.32 Å². The van der Waals surface area contributed by atoms with Crippen LogP contribution < -0.4 is 5.32 Å². The van der Waals surface area contributed by atoms with Gasteiger partial charge in [0.05, 0.1) is 0 Å². The third-order valence-electron chi connectivity index (χ3n) is 2.53. The number of hydrogen-bond donors (Lipinski definition) is 1. The van der Waals surface area contributed by atoms with E-state index in [1.54, 1.807) is 0 Å². The number of anilines is 1. The Hall–Kier alpha value is -2.02. The van der Waals surface area contributed by atoms with Crippen LogP contribution in [0.2, 0.25) is 0 Å². The molecule has 0 aliphatic rings. The standard InChI is InChI=1S/C15H15N/c1-2-13-8-6-7-9-14(13)12-16-15-10-4-3-5-11-15/h2-11,16H,1,12H2. The molecule has 0 radical (unpaired) electrons. The third-order valence-corrected chi connectivity index (χ3v) is 2.53. The molecule has 0 heterocycles. The molecule has 2 aromatic carbocycles. The fourth-order valence-electron chi connectivity index (χ4n) is 1.65. The average molecular weight is 209 g/mol. The van der Waals surface area contributed by atoms with Crippen LogP contribution in [0.25, 0.3) is 6.08 Å². The maximum Gasteiger partial charge on any atom is 0.0406 e. The van der Waals surface area contributed by atoms with Gasteiger partial charge in [-0.3, -0.25) is 0 Å². The van der Waals surface area contributed by atoms with Crippen LogP contribution in [0, 0.1) is 0 Å². The van der Waals surface area contributed by atoms with Gasteiger partial charge >= 0.3 is 0 Å². The van der Waals surface area contributed by atoms with Crippen LogP contribution in [-0.4, -0.2) is 0 Å². The molecule has 0 atom stereocenters. The first kappa shape index (κ1) is 10.5. The zero-order valence-electron chi connectivity index (χ0n) is 9.19. The Balaban J connectivity index is 2.08. The Labute approximate surface area is 96.4 Å². The lowest BCUT2D eigenvalue weighted by atomic mass is 10.1. The van der Waals surface area contributed by atoms with Gasteiger partial charge in [0.15, 0.2) is 0 Å². The van der Waals surface area contributed by atoms with Gasteiger partial charge in [-0.1, -0.05) is 55.1 Å². The van der Waals surface area contributed by atoms with Gasteiger partial charge in [-0.2, -0.15) is 0 Å². The van der Waals surface area contributed by atoms with E-state index in [-0.39, 0.29) is 0 Å². The Kier molecular flexibility index (Phi) is 3.39. The molecule has 16 heavy (non-hydrogen) atoms. The van der Waals surface area contributed by atoms with Crippen LogP contribution in [0.3, 0.4) is 0 Å². The molecule has 1 nitrogen and oxygen atoms in total. The van der Waals surface area contributed by atoms with Gasteiger partial charge in [-0.15, -0.1) is 0 Å². The molecular formula is C15H15N. The summed E-state index contributed by atoms with van der Waals surface area (Å²) in [5, 5.41) is 3.39. The zero-order chi connectivity index (χ0) is 11.2. The van der Waals surface area contributed by atoms with E-state index in [0.29, 0.717) is 0 Å². The van der Waals surface area contributed by atoms with Crippen LogP contribution in [0.5, 0.6) is 0 Å². The van der Waals surface area contributed by atoms with E-state index in [0.717, 1.165) is 12.2 Å². The normalized spacial score (nSPS) is 9.75. The van der Waals surface area contributed by atoms with E-state index < -0.39 is 0 Å². The van der Waals surface area contributed by atoms with E-state index >= 15 is 0 Å². The van der Waals surface area contributed by atoms with Gasteiger partial charge in [-0.05, 0) is 23.3 Å². The molecule has 0 fully saturated rings. The Morgan fingerprint density at radius 3 is 2.38 bits per heavy atom. The number of hydrogen-bond acceptors (Lipinski definition) is 1. The Bertz CT molecular complexity index is 460. The number of benzene rings is 2. The van der Waals surface area contributed by atoms with Crippen LogP contribution in [-0.2, 0) is 6.54 Å². The van der Waals surface area contributed by atoms with Crippen LogP contribution in [0.15, 0.2) is 61.2 Å². The molecule has 80 valence electrons. The highest BCUT2D eigenvalue weighted by Gasteiger charge is 1.97. The lowest BCUT2D eigenvalue weighted by Gasteiger charge is -2.08. The van der Waals surface area contributed by atoms with Crippen molar-refractivity contribution in [2.75, 3.05) is 5.32 Å². The van der Waals surface area contributed by atoms with Crippen LogP contribution in [0.4, 0.5) is 5.69 Å². The third kappa shape index (κ3) is 2.51. The molecular weight excluding hydrogens is 194 g/mol. The maximum absolute atomic E-state index is 3.82. The van der Waals surface area contributed by atoms with Crippen LogP contribution in [0.1, 0.15) is 11.1 Å². The molecule has 0 saturated heterocycles. The zero-order valence-corrected chi connectivity index (χ0v) is 9.19. The fraction of sp³-hybridized carbons (Fsp3) is 0.0667. The van der Waals surface area contributed by atoms with Crippen molar-refractivity contribution in [1.82, 2.24) is 0 Å². The van der Waals surface area contributed by atoms with Crippen molar-refractivity contribution >= 4 is 11.8 Å². The molecule has 1 N–H and O–H groups in total. The van der Waals surface area contributed by atoms with Gasteiger partial charge in [0.1, 0.15) is 0 Å². The summed E-state index contributed by atoms with van der Waals surface area (Å²) in [4.78, 5) is 0. The lowest BCUT2D eigenvalue weighted by Crippen LogP contribution is -2.00. The van der Waals surface area contributed by atoms with Crippen molar-refractivity contribution in [2.24, 2.45) is 0 Å². The van der Waals surface area contributed by atoms with Gasteiger partial charge in [0.25, 0.3) is 0 Å². The second-order valence-electron chi connectivity index (χ2n) is 3.62. The van der Waals surface area contributed by atoms with E-state index in [2.05, 4.69) is 42.2 Å². The monoisotopic (exact) mass is 209 g/mol. The first-order valence-corrected chi connectivity index (χ1v) is 5.39. The van der Waals surface area contributed by atoms with Gasteiger partial charge in [-0.25, -0.2) is 0 Å². The first-order valence-electron chi connectivity index (χ1n) is 5.39. The largest absolute Gasteiger partial charge is 0.381 e. The molecule has 0 spiro atoms. The maximum atomic E-state index is 3.82. The summed E-state index contributed by atoms with van der Waals surface area (Å²) in [5.74, 6) is 0. The summed E-state index contributed by atoms with van der Waals surface area (Å²) in [6, 6.07) is 18.5. The van der Waals surface area contributed by atoms with Crippen molar-refractivity contribution in [3.8, 4) is 0 Å². The van der Waals surface area contributed by atoms with Gasteiger partial charge in [0.2, 0.25) is 0 Å². The second kappa shape index (κ2) is 5.17. The minimum absolute atomic E-state index is 0.826. The quantitative estimate of drug-likeness (QED) is 0.804. The SMILES string of the molecule is C=Cc1ccccc1CNc1ccccc1. The molecule has 0 bridgehead atoms. The van der Waals surface area contributed by atoms with Gasteiger partial charge in [0, 0.05) is 12.2 Å². The van der Waals surface area contributed by atoms with Crippen molar-refractivity contribution < 1.29 is 0 Å². The van der Waals surface area contributed by atoms with Crippen molar-refractivity contribution in [3.05, 3.63) is 72.3 Å². The number of nitrogens with one attached hydrogen (secondary N) is 1. The molecule has 2 rings (SSSR count). The van der Waals surface area contributed by atoms with E-state index in [9.17, 15) is 0 Å². The topological polar surface area (TPSA) is 12.0 Å². The Morgan fingerprint density at radius 1 is 0.938 bits per heavy atom. The van der Waals surface area contributed by atoms with Crippen molar-refractivity contribution in [2.45, 2.75) is 6.54 Å². The summed E-state index contributed by atoms with van der Waals surface area (Å²) < 4.78 is 0. The summed E-state index contributed by atoms with van der Waals surface area (Å²) in [5.41, 5.74) is 3.59. The van der Waals surface area contributed by atoms with Crippen molar-refractivity contribution in [1.29, 1.82) is 0 Å². The Morgan fingerprint density at radius 2 is 1.62 bits per heavy atom. The highest BCUT2D eigenvalue weighted by molar-refractivity contribution is 5.53. The minimum Gasteiger partial charge on any atom is -0.381 e.